The van der Waals surface area contributed by atoms with E-state index >= 15 is 0 Å². The third-order valence-corrected chi connectivity index (χ3v) is 13.2. The van der Waals surface area contributed by atoms with Gasteiger partial charge >= 0.3 is 11.9 Å². The summed E-state index contributed by atoms with van der Waals surface area (Å²) >= 11 is 15.7. The number of nitrogens with zero attached hydrogens (tertiary/aromatic N) is 3. The number of amides is 2. The van der Waals surface area contributed by atoms with Crippen molar-refractivity contribution in [3.8, 4) is 20.9 Å². The Labute approximate surface area is 337 Å². The zero-order valence-electron chi connectivity index (χ0n) is 28.1. The fourth-order valence-electron chi connectivity index (χ4n) is 5.66. The Balaban J connectivity index is 1.10. The second-order valence-corrected chi connectivity index (χ2v) is 17.6. The molecule has 9 nitrogen and oxygen atoms in total. The van der Waals surface area contributed by atoms with Crippen LogP contribution >= 0.6 is 70.6 Å². The lowest BCUT2D eigenvalue weighted by molar-refractivity contribution is -0.140. The maximum Gasteiger partial charge on any atom is 0.323 e. The summed E-state index contributed by atoms with van der Waals surface area (Å²) in [6, 6.07) is 32.8. The van der Waals surface area contributed by atoms with Crippen LogP contribution < -0.4 is 4.90 Å². The van der Waals surface area contributed by atoms with Crippen molar-refractivity contribution >= 4 is 132 Å². The van der Waals surface area contributed by atoms with Crippen LogP contribution in [0.25, 0.3) is 33.0 Å². The quantitative estimate of drug-likeness (QED) is 0.0980. The van der Waals surface area contributed by atoms with Gasteiger partial charge in [-0.15, -0.1) is 22.7 Å². The highest BCUT2D eigenvalue weighted by atomic mass is 32.2. The van der Waals surface area contributed by atoms with Crippen molar-refractivity contribution in [1.82, 2.24) is 9.80 Å². The average molecular weight is 826 g/mol. The summed E-state index contributed by atoms with van der Waals surface area (Å²) in [6.07, 6.45) is 3.51. The number of carboxylic acids is 2. The van der Waals surface area contributed by atoms with Crippen molar-refractivity contribution in [3.05, 3.63) is 122 Å². The number of anilines is 3. The molecule has 0 saturated carbocycles. The number of thiocarbonyl (C=S) groups is 2. The number of carboxylic acid groups (broad SMARTS) is 2. The number of hydrogen-bond acceptors (Lipinski definition) is 11. The van der Waals surface area contributed by atoms with E-state index < -0.39 is 36.8 Å². The molecule has 5 aromatic rings. The first-order valence-corrected chi connectivity index (χ1v) is 20.2. The molecule has 7 rings (SSSR count). The molecule has 2 amide bonds. The van der Waals surface area contributed by atoms with Gasteiger partial charge in [0.1, 0.15) is 21.7 Å². The number of aryl methyl sites for hydroxylation is 1. The minimum atomic E-state index is -1.12. The highest BCUT2D eigenvalue weighted by Crippen LogP contribution is 2.40. The molecule has 0 spiro atoms. The lowest BCUT2D eigenvalue weighted by Crippen LogP contribution is -2.33. The molecule has 0 atom stereocenters. The van der Waals surface area contributed by atoms with E-state index in [0.29, 0.717) is 9.81 Å². The maximum absolute atomic E-state index is 12.7. The second-order valence-electron chi connectivity index (χ2n) is 12.0. The Bertz CT molecular complexity index is 2250. The van der Waals surface area contributed by atoms with E-state index in [4.69, 9.17) is 34.6 Å². The molecule has 15 heteroatoms. The average Bonchev–Trinajstić information content (AvgIpc) is 3.93. The van der Waals surface area contributed by atoms with Gasteiger partial charge in [0.05, 0.1) is 9.81 Å². The number of carbonyl (C=O) groups is 4. The first kappa shape index (κ1) is 37.4. The summed E-state index contributed by atoms with van der Waals surface area (Å²) in [5, 5.41) is 18.3. The maximum atomic E-state index is 12.7. The van der Waals surface area contributed by atoms with Crippen molar-refractivity contribution in [2.24, 2.45) is 0 Å². The number of carbonyl (C=O) groups excluding carboxylic acids is 2. The van der Waals surface area contributed by atoms with Crippen LogP contribution in [0.3, 0.4) is 0 Å². The number of hydrogen-bond donors (Lipinski definition) is 2. The molecule has 270 valence electrons. The van der Waals surface area contributed by atoms with E-state index in [-0.39, 0.29) is 8.64 Å². The van der Waals surface area contributed by atoms with Gasteiger partial charge in [0.2, 0.25) is 0 Å². The Morgan fingerprint density at radius 3 is 1.35 bits per heavy atom. The van der Waals surface area contributed by atoms with Crippen molar-refractivity contribution in [2.45, 2.75) is 6.92 Å². The van der Waals surface area contributed by atoms with Gasteiger partial charge < -0.3 is 15.1 Å². The van der Waals surface area contributed by atoms with Gasteiger partial charge in [-0.3, -0.25) is 29.0 Å². The molecule has 2 N–H and O–H groups in total. The summed E-state index contributed by atoms with van der Waals surface area (Å²) in [7, 11) is 0. The molecule has 2 aromatic heterocycles. The first-order valence-electron chi connectivity index (χ1n) is 16.1. The Morgan fingerprint density at radius 2 is 0.981 bits per heavy atom. The van der Waals surface area contributed by atoms with Crippen LogP contribution in [-0.2, 0) is 19.2 Å². The number of thioether (sulfide) groups is 2. The lowest BCUT2D eigenvalue weighted by Gasteiger charge is -2.26. The largest absolute Gasteiger partial charge is 0.480 e. The molecule has 2 fully saturated rings. The van der Waals surface area contributed by atoms with E-state index in [2.05, 4.69) is 84.6 Å². The number of rotatable bonds is 11. The van der Waals surface area contributed by atoms with Gasteiger partial charge in [0, 0.05) is 36.6 Å². The summed E-state index contributed by atoms with van der Waals surface area (Å²) in [5.74, 6) is -3.03. The third-order valence-electron chi connectivity index (χ3n) is 8.25. The lowest BCUT2D eigenvalue weighted by atomic mass is 10.1. The van der Waals surface area contributed by atoms with E-state index in [1.807, 2.05) is 24.3 Å². The summed E-state index contributed by atoms with van der Waals surface area (Å²) in [5.41, 5.74) is 6.11. The number of aliphatic carboxylic acids is 2. The van der Waals surface area contributed by atoms with Gasteiger partial charge in [-0.1, -0.05) is 89.9 Å². The second kappa shape index (κ2) is 15.8. The van der Waals surface area contributed by atoms with Crippen LogP contribution in [0.2, 0.25) is 0 Å². The predicted molar refractivity (Wildman–Crippen MR) is 228 cm³/mol. The predicted octanol–water partition coefficient (Wildman–Crippen LogP) is 9.49. The third kappa shape index (κ3) is 8.11. The number of thiophene rings is 2. The summed E-state index contributed by atoms with van der Waals surface area (Å²) in [4.78, 5) is 56.7. The van der Waals surface area contributed by atoms with E-state index in [1.54, 1.807) is 12.2 Å². The molecule has 54 heavy (non-hydrogen) atoms. The molecular formula is C39H27N3O6S6. The van der Waals surface area contributed by atoms with Gasteiger partial charge in [-0.2, -0.15) is 0 Å². The molecule has 0 radical (unpaired) electrons. The standard InChI is InChI=1S/C39H27N3O6S6/c1-22-2-8-25(9-3-22)42(26-10-4-23(5-11-26)30-16-14-28(51-30)18-32-36(47)40(20-34(43)44)38(49)53-32)27-12-6-24(7-13-27)31-17-15-29(52-31)19-33-37(48)41(21-35(45)46)39(50)54-33/h2-19H,20-21H2,1H3,(H,43,44)(H,45,46)/b32-18-,33-19+. The molecule has 2 aliphatic rings. The van der Waals surface area contributed by atoms with E-state index in [0.717, 1.165) is 86.6 Å². The molecular weight excluding hydrogens is 799 g/mol. The van der Waals surface area contributed by atoms with Crippen molar-refractivity contribution in [2.75, 3.05) is 18.0 Å². The first-order chi connectivity index (χ1) is 25.9. The summed E-state index contributed by atoms with van der Waals surface area (Å²) in [6.45, 7) is 1.14. The monoisotopic (exact) mass is 825 g/mol. The van der Waals surface area contributed by atoms with Crippen LogP contribution in [0.1, 0.15) is 15.3 Å². The van der Waals surface area contributed by atoms with Crippen molar-refractivity contribution in [3.63, 3.8) is 0 Å². The zero-order chi connectivity index (χ0) is 38.1. The minimum absolute atomic E-state index is 0.236. The van der Waals surface area contributed by atoms with Crippen molar-refractivity contribution in [1.29, 1.82) is 0 Å². The molecule has 0 aliphatic carbocycles. The Kier molecular flexibility index (Phi) is 11.0. The molecule has 0 unspecified atom stereocenters. The normalized spacial score (nSPS) is 15.9. The Morgan fingerprint density at radius 1 is 0.611 bits per heavy atom. The highest BCUT2D eigenvalue weighted by Gasteiger charge is 2.34. The van der Waals surface area contributed by atoms with Crippen LogP contribution in [-0.4, -0.2) is 65.5 Å². The molecule has 4 heterocycles. The van der Waals surface area contributed by atoms with Gasteiger partial charge in [0.15, 0.2) is 0 Å². The van der Waals surface area contributed by atoms with E-state index in [9.17, 15) is 19.2 Å². The SMILES string of the molecule is Cc1ccc(N(c2ccc(-c3ccc(/C=C4\SC(=S)N(CC(=O)O)C4=O)s3)cc2)c2ccc(-c3ccc(/C=C4/SC(=S)N(CC(=O)O)C4=O)s3)cc2)cc1. The highest BCUT2D eigenvalue weighted by molar-refractivity contribution is 8.27. The number of benzene rings is 3. The van der Waals surface area contributed by atoms with Gasteiger partial charge in [0.25, 0.3) is 11.8 Å². The fourth-order valence-corrected chi connectivity index (χ4v) is 10.2. The van der Waals surface area contributed by atoms with Crippen LogP contribution in [0.4, 0.5) is 17.1 Å². The molecule has 2 saturated heterocycles. The van der Waals surface area contributed by atoms with Gasteiger partial charge in [-0.25, -0.2) is 0 Å². The smallest absolute Gasteiger partial charge is 0.323 e. The molecule has 0 bridgehead atoms. The van der Waals surface area contributed by atoms with E-state index in [1.165, 1.54) is 22.7 Å². The molecule has 3 aromatic carbocycles. The minimum Gasteiger partial charge on any atom is -0.480 e. The van der Waals surface area contributed by atoms with Crippen LogP contribution in [0.15, 0.2) is 107 Å². The zero-order valence-corrected chi connectivity index (χ0v) is 33.0. The molecule has 2 aliphatic heterocycles. The summed E-state index contributed by atoms with van der Waals surface area (Å²) < 4.78 is 0.471. The van der Waals surface area contributed by atoms with Crippen molar-refractivity contribution < 1.29 is 29.4 Å². The van der Waals surface area contributed by atoms with Crippen LogP contribution in [0, 0.1) is 6.92 Å². The topological polar surface area (TPSA) is 118 Å². The van der Waals surface area contributed by atoms with Crippen LogP contribution in [0.5, 0.6) is 0 Å². The van der Waals surface area contributed by atoms with Gasteiger partial charge in [-0.05, 0) is 90.9 Å². The fraction of sp³-hybridized carbons (Fsp3) is 0.0769. The Hall–Kier alpha value is -4.90.